The lowest BCUT2D eigenvalue weighted by Crippen LogP contribution is -2.59. The number of alkyl carbamates (subject to hydrolysis) is 1. The normalized spacial score (nSPS) is 29.8. The van der Waals surface area contributed by atoms with Gasteiger partial charge in [-0.25, -0.2) is 13.2 Å². The predicted molar refractivity (Wildman–Crippen MR) is 199 cm³/mol. The smallest absolute Gasteiger partial charge is 0.408 e. The van der Waals surface area contributed by atoms with Crippen molar-refractivity contribution >= 4 is 44.7 Å². The molecule has 15 nitrogen and oxygen atoms in total. The number of ether oxygens (including phenoxy) is 3. The molecule has 16 heteroatoms. The second-order valence-electron chi connectivity index (χ2n) is 16.2. The summed E-state index contributed by atoms with van der Waals surface area (Å²) >= 11 is 0. The molecule has 54 heavy (non-hydrogen) atoms. The summed E-state index contributed by atoms with van der Waals surface area (Å²) in [6.07, 6.45) is 7.68. The molecular formula is C38H52N6O9S. The van der Waals surface area contributed by atoms with E-state index in [2.05, 4.69) is 32.5 Å². The highest BCUT2D eigenvalue weighted by Crippen LogP contribution is 2.46. The van der Waals surface area contributed by atoms with E-state index in [-0.39, 0.29) is 31.2 Å². The lowest BCUT2D eigenvalue weighted by molar-refractivity contribution is -0.142. The topological polar surface area (TPSA) is 195 Å². The van der Waals surface area contributed by atoms with Gasteiger partial charge in [0.15, 0.2) is 0 Å². The van der Waals surface area contributed by atoms with Crippen LogP contribution in [0.2, 0.25) is 0 Å². The Hall–Kier alpha value is -4.47. The van der Waals surface area contributed by atoms with E-state index in [4.69, 9.17) is 14.2 Å². The van der Waals surface area contributed by atoms with Crippen molar-refractivity contribution in [3.05, 3.63) is 36.5 Å². The molecule has 1 aromatic carbocycles. The number of aromatic nitrogens is 2. The summed E-state index contributed by atoms with van der Waals surface area (Å²) in [4.78, 5) is 57.8. The molecular weight excluding hydrogens is 717 g/mol. The fourth-order valence-electron chi connectivity index (χ4n) is 7.57. The summed E-state index contributed by atoms with van der Waals surface area (Å²) in [6.45, 7) is 9.25. The number of methoxy groups -OCH3 is 1. The van der Waals surface area contributed by atoms with Crippen molar-refractivity contribution in [1.82, 2.24) is 30.5 Å². The highest BCUT2D eigenvalue weighted by molar-refractivity contribution is 7.91. The molecule has 1 unspecified atom stereocenters. The van der Waals surface area contributed by atoms with Crippen LogP contribution in [0.25, 0.3) is 10.9 Å². The van der Waals surface area contributed by atoms with Crippen LogP contribution >= 0.6 is 0 Å². The van der Waals surface area contributed by atoms with Gasteiger partial charge < -0.3 is 29.7 Å². The van der Waals surface area contributed by atoms with Gasteiger partial charge in [-0.15, -0.1) is 0 Å². The van der Waals surface area contributed by atoms with Gasteiger partial charge in [0, 0.05) is 23.8 Å². The van der Waals surface area contributed by atoms with E-state index in [1.54, 1.807) is 46.1 Å². The second-order valence-corrected chi connectivity index (χ2v) is 18.1. The van der Waals surface area contributed by atoms with E-state index in [1.807, 2.05) is 19.1 Å². The van der Waals surface area contributed by atoms with Crippen LogP contribution in [0.15, 0.2) is 36.5 Å². The van der Waals surface area contributed by atoms with E-state index < -0.39 is 74.3 Å². The van der Waals surface area contributed by atoms with Crippen LogP contribution in [-0.2, 0) is 29.1 Å². The maximum Gasteiger partial charge on any atom is 0.408 e. The minimum Gasteiger partial charge on any atom is -0.497 e. The first-order valence-corrected chi connectivity index (χ1v) is 20.4. The lowest BCUT2D eigenvalue weighted by atomic mass is 9.85. The number of benzene rings is 1. The molecule has 3 heterocycles. The zero-order valence-electron chi connectivity index (χ0n) is 31.8. The fraction of sp³-hybridized carbons (Fsp3) is 0.632. The van der Waals surface area contributed by atoms with Crippen LogP contribution in [-0.4, -0.2) is 95.6 Å². The Morgan fingerprint density at radius 1 is 1.13 bits per heavy atom. The van der Waals surface area contributed by atoms with Crippen LogP contribution in [0.3, 0.4) is 0 Å². The van der Waals surface area contributed by atoms with Gasteiger partial charge in [0.05, 0.1) is 25.1 Å². The molecule has 2 aliphatic heterocycles. The number of rotatable bonds is 8. The number of amides is 4. The zero-order chi connectivity index (χ0) is 39.0. The quantitative estimate of drug-likeness (QED) is 0.331. The minimum atomic E-state index is -3.90. The Morgan fingerprint density at radius 3 is 2.57 bits per heavy atom. The highest BCUT2D eigenvalue weighted by atomic mass is 32.2. The molecule has 0 bridgehead atoms. The first-order chi connectivity index (χ1) is 25.5. The van der Waals surface area contributed by atoms with E-state index >= 15 is 0 Å². The highest BCUT2D eigenvalue weighted by Gasteiger charge is 2.62. The van der Waals surface area contributed by atoms with Gasteiger partial charge >= 0.3 is 6.09 Å². The van der Waals surface area contributed by atoms with Crippen molar-refractivity contribution < 1.29 is 41.8 Å². The number of hydrogen-bond donors (Lipinski definition) is 3. The molecule has 4 amide bonds. The molecule has 2 saturated carbocycles. The van der Waals surface area contributed by atoms with Crippen LogP contribution in [0.4, 0.5) is 4.79 Å². The summed E-state index contributed by atoms with van der Waals surface area (Å²) in [7, 11) is -2.35. The van der Waals surface area contributed by atoms with Gasteiger partial charge in [0.2, 0.25) is 21.8 Å². The number of nitrogens with zero attached hydrogens (tertiary/aromatic N) is 3. The number of nitrogens with one attached hydrogen (secondary N) is 3. The SMILES string of the molecule is CC[C@@H]1C[C@H](C)CC/C=C\C2C[C@@]2(C(=O)NS(=O)(=O)C2CC2)NC(=O)[C@@H]2C[C@@H](Oc3cnnc4cc(OC)ccc34)CN2C(=O)[C@H]1NC(=O)OC(C)(C)C. The summed E-state index contributed by atoms with van der Waals surface area (Å²) in [5.74, 6) is -1.50. The molecule has 7 atom stereocenters. The standard InChI is InChI=1S/C38H52N6O9S/c1-7-23-16-22(2)10-8-9-11-24-19-38(24,35(47)43-54(49,50)27-13-14-27)41-33(45)30-18-26(21-44(30)34(46)32(23)40-36(48)53-37(3,4)5)52-31-20-39-42-29-17-25(51-6)12-15-28(29)31/h9,11-12,15,17,20,22-24,26-27,30,32H,7-8,10,13-14,16,18-19,21H2,1-6H3,(H,40,48)(H,41,45)(H,43,47)/b11-9-/t22-,23-,24?,26-,30+,32+,38-/m1/s1. The fourth-order valence-corrected chi connectivity index (χ4v) is 8.93. The van der Waals surface area contributed by atoms with Crippen LogP contribution in [0.5, 0.6) is 11.5 Å². The largest absolute Gasteiger partial charge is 0.497 e. The van der Waals surface area contributed by atoms with Gasteiger partial charge in [-0.2, -0.15) is 10.2 Å². The molecule has 2 aromatic rings. The maximum absolute atomic E-state index is 14.9. The molecule has 4 aliphatic rings. The van der Waals surface area contributed by atoms with Gasteiger partial charge in [-0.1, -0.05) is 32.4 Å². The number of allylic oxidation sites excluding steroid dienone is 1. The van der Waals surface area contributed by atoms with Crippen molar-refractivity contribution in [2.24, 2.45) is 17.8 Å². The number of carbonyl (C=O) groups is 4. The van der Waals surface area contributed by atoms with E-state index in [1.165, 1.54) is 11.1 Å². The summed E-state index contributed by atoms with van der Waals surface area (Å²) in [5.41, 5.74) is -1.81. The first kappa shape index (κ1) is 39.2. The molecule has 0 radical (unpaired) electrons. The van der Waals surface area contributed by atoms with Crippen LogP contribution in [0.1, 0.15) is 86.0 Å². The summed E-state index contributed by atoms with van der Waals surface area (Å²) < 4.78 is 45.4. The van der Waals surface area contributed by atoms with Gasteiger partial charge in [-0.05, 0) is 83.3 Å². The molecule has 294 valence electrons. The Kier molecular flexibility index (Phi) is 11.1. The third kappa shape index (κ3) is 8.74. The minimum absolute atomic E-state index is 0.0199. The molecule has 3 fully saturated rings. The summed E-state index contributed by atoms with van der Waals surface area (Å²) in [6, 6.07) is 3.11. The summed E-state index contributed by atoms with van der Waals surface area (Å²) in [5, 5.41) is 14.0. The average molecular weight is 769 g/mol. The Labute approximate surface area is 316 Å². The van der Waals surface area contributed by atoms with Gasteiger partial charge in [0.1, 0.15) is 46.3 Å². The van der Waals surface area contributed by atoms with Crippen LogP contribution < -0.4 is 24.8 Å². The Morgan fingerprint density at radius 2 is 1.89 bits per heavy atom. The number of fused-ring (bicyclic) bond motifs is 3. The molecule has 6 rings (SSSR count). The zero-order valence-corrected chi connectivity index (χ0v) is 32.6. The van der Waals surface area contributed by atoms with E-state index in [0.29, 0.717) is 54.5 Å². The number of sulfonamides is 1. The monoisotopic (exact) mass is 768 g/mol. The third-order valence-corrected chi connectivity index (χ3v) is 12.6. The van der Waals surface area contributed by atoms with Gasteiger partial charge in [-0.3, -0.25) is 19.1 Å². The van der Waals surface area contributed by atoms with E-state index in [0.717, 1.165) is 6.42 Å². The third-order valence-electron chi connectivity index (χ3n) is 10.8. The molecule has 1 saturated heterocycles. The van der Waals surface area contributed by atoms with Gasteiger partial charge in [0.25, 0.3) is 5.91 Å². The first-order valence-electron chi connectivity index (χ1n) is 18.8. The van der Waals surface area contributed by atoms with E-state index in [9.17, 15) is 27.6 Å². The molecule has 0 spiro atoms. The Bertz CT molecular complexity index is 1910. The lowest BCUT2D eigenvalue weighted by Gasteiger charge is -2.34. The van der Waals surface area contributed by atoms with Crippen molar-refractivity contribution in [2.45, 2.75) is 121 Å². The molecule has 3 N–H and O–H groups in total. The van der Waals surface area contributed by atoms with Crippen molar-refractivity contribution in [2.75, 3.05) is 13.7 Å². The van der Waals surface area contributed by atoms with Crippen molar-refractivity contribution in [3.63, 3.8) is 0 Å². The Balaban J connectivity index is 1.36. The molecule has 1 aromatic heterocycles. The second kappa shape index (κ2) is 15.3. The van der Waals surface area contributed by atoms with Crippen molar-refractivity contribution in [3.8, 4) is 11.5 Å². The van der Waals surface area contributed by atoms with Crippen molar-refractivity contribution in [1.29, 1.82) is 0 Å². The average Bonchev–Trinajstić information content (AvgIpc) is 4.03. The van der Waals surface area contributed by atoms with Crippen LogP contribution in [0, 0.1) is 17.8 Å². The maximum atomic E-state index is 14.9. The number of carbonyl (C=O) groups excluding carboxylic acids is 4. The number of hydrogen-bond acceptors (Lipinski definition) is 11. The predicted octanol–water partition coefficient (Wildman–Crippen LogP) is 3.77. The molecule has 2 aliphatic carbocycles.